The molecule has 1 aliphatic carbocycles. The number of amides is 1. The van der Waals surface area contributed by atoms with Crippen LogP contribution in [-0.2, 0) is 12.8 Å². The zero-order valence-corrected chi connectivity index (χ0v) is 9.80. The molecule has 4 N–H and O–H groups in total. The fourth-order valence-electron chi connectivity index (χ4n) is 1.88. The second-order valence-corrected chi connectivity index (χ2v) is 4.98. The van der Waals surface area contributed by atoms with Gasteiger partial charge < -0.3 is 5.73 Å². The number of fused-ring (bicyclic) bond motifs is 1. The van der Waals surface area contributed by atoms with Crippen molar-refractivity contribution in [1.29, 1.82) is 0 Å². The molecule has 0 bridgehead atoms. The third-order valence-electron chi connectivity index (χ3n) is 2.71. The Bertz CT molecular complexity index is 552. The Morgan fingerprint density at radius 1 is 1.53 bits per heavy atom. The minimum absolute atomic E-state index is 0.278. The van der Waals surface area contributed by atoms with Crippen LogP contribution in [0.4, 0.5) is 10.8 Å². The highest BCUT2D eigenvalue weighted by Gasteiger charge is 2.19. The fourth-order valence-corrected chi connectivity index (χ4v) is 2.93. The zero-order chi connectivity index (χ0) is 11.8. The highest BCUT2D eigenvalue weighted by molar-refractivity contribution is 7.15. The number of nitrogens with one attached hydrogen (secondary N) is 2. The second kappa shape index (κ2) is 3.85. The molecule has 0 aliphatic heterocycles. The van der Waals surface area contributed by atoms with Gasteiger partial charge in [0.05, 0.1) is 17.6 Å². The number of carbonyl (C=O) groups is 1. The average Bonchev–Trinajstić information content (AvgIpc) is 2.92. The van der Waals surface area contributed by atoms with Crippen molar-refractivity contribution in [2.45, 2.75) is 19.3 Å². The Morgan fingerprint density at radius 2 is 2.41 bits per heavy atom. The van der Waals surface area contributed by atoms with E-state index in [0.29, 0.717) is 10.8 Å². The van der Waals surface area contributed by atoms with E-state index in [1.165, 1.54) is 22.4 Å². The first-order valence-corrected chi connectivity index (χ1v) is 6.14. The third kappa shape index (κ3) is 1.78. The van der Waals surface area contributed by atoms with Crippen LogP contribution >= 0.6 is 11.3 Å². The van der Waals surface area contributed by atoms with Gasteiger partial charge in [-0.05, 0) is 19.3 Å². The van der Waals surface area contributed by atoms with Crippen molar-refractivity contribution in [3.05, 3.63) is 22.5 Å². The summed E-state index contributed by atoms with van der Waals surface area (Å²) in [5.74, 6) is -0.299. The van der Waals surface area contributed by atoms with Gasteiger partial charge in [-0.1, -0.05) is 0 Å². The van der Waals surface area contributed by atoms with Crippen molar-refractivity contribution in [1.82, 2.24) is 15.2 Å². The minimum atomic E-state index is -0.299. The summed E-state index contributed by atoms with van der Waals surface area (Å²) in [5, 5.41) is 9.64. The van der Waals surface area contributed by atoms with Crippen LogP contribution in [0.15, 0.2) is 6.20 Å². The van der Waals surface area contributed by atoms with E-state index in [4.69, 9.17) is 5.73 Å². The SMILES string of the molecule is Nc1cn[nH]c1C(=O)Nc1nc2c(s1)CCC2. The topological polar surface area (TPSA) is 96.7 Å². The van der Waals surface area contributed by atoms with E-state index in [9.17, 15) is 4.79 Å². The lowest BCUT2D eigenvalue weighted by molar-refractivity contribution is 0.102. The number of aromatic amines is 1. The van der Waals surface area contributed by atoms with Crippen molar-refractivity contribution in [2.75, 3.05) is 11.1 Å². The molecular formula is C10H11N5OS. The largest absolute Gasteiger partial charge is 0.396 e. The van der Waals surface area contributed by atoms with Gasteiger partial charge >= 0.3 is 0 Å². The predicted octanol–water partition coefficient (Wildman–Crippen LogP) is 1.19. The van der Waals surface area contributed by atoms with Crippen molar-refractivity contribution < 1.29 is 4.79 Å². The number of rotatable bonds is 2. The Labute approximate surface area is 101 Å². The maximum atomic E-state index is 11.8. The molecule has 0 spiro atoms. The Morgan fingerprint density at radius 3 is 3.12 bits per heavy atom. The van der Waals surface area contributed by atoms with Crippen LogP contribution in [0.1, 0.15) is 27.5 Å². The molecule has 0 radical (unpaired) electrons. The summed E-state index contributed by atoms with van der Waals surface area (Å²) in [6, 6.07) is 0. The number of nitrogens with zero attached hydrogens (tertiary/aromatic N) is 2. The van der Waals surface area contributed by atoms with Crippen LogP contribution in [0.25, 0.3) is 0 Å². The lowest BCUT2D eigenvalue weighted by Gasteiger charge is -1.99. The van der Waals surface area contributed by atoms with E-state index < -0.39 is 0 Å². The molecular weight excluding hydrogens is 238 g/mol. The zero-order valence-electron chi connectivity index (χ0n) is 8.99. The van der Waals surface area contributed by atoms with E-state index in [1.54, 1.807) is 0 Å². The van der Waals surface area contributed by atoms with Gasteiger partial charge in [-0.3, -0.25) is 15.2 Å². The summed E-state index contributed by atoms with van der Waals surface area (Å²) in [6.45, 7) is 0. The van der Waals surface area contributed by atoms with Crippen LogP contribution in [0.5, 0.6) is 0 Å². The maximum Gasteiger partial charge on any atom is 0.277 e. The van der Waals surface area contributed by atoms with Crippen LogP contribution in [0, 0.1) is 0 Å². The molecule has 0 saturated heterocycles. The van der Waals surface area contributed by atoms with Gasteiger partial charge in [0.25, 0.3) is 5.91 Å². The number of anilines is 2. The van der Waals surface area contributed by atoms with E-state index >= 15 is 0 Å². The summed E-state index contributed by atoms with van der Waals surface area (Å²) >= 11 is 1.54. The van der Waals surface area contributed by atoms with Crippen LogP contribution in [0.3, 0.4) is 0 Å². The molecule has 0 aromatic carbocycles. The van der Waals surface area contributed by atoms with Crippen molar-refractivity contribution in [2.24, 2.45) is 0 Å². The first kappa shape index (κ1) is 10.3. The van der Waals surface area contributed by atoms with Crippen LogP contribution in [-0.4, -0.2) is 21.1 Å². The molecule has 88 valence electrons. The summed E-state index contributed by atoms with van der Waals surface area (Å²) < 4.78 is 0. The number of hydrogen-bond donors (Lipinski definition) is 3. The molecule has 2 aromatic heterocycles. The first-order valence-electron chi connectivity index (χ1n) is 5.33. The van der Waals surface area contributed by atoms with E-state index in [-0.39, 0.29) is 11.6 Å². The molecule has 0 atom stereocenters. The van der Waals surface area contributed by atoms with Gasteiger partial charge in [0.2, 0.25) is 0 Å². The van der Waals surface area contributed by atoms with Crippen molar-refractivity contribution >= 4 is 28.1 Å². The molecule has 2 heterocycles. The van der Waals surface area contributed by atoms with Crippen molar-refractivity contribution in [3.8, 4) is 0 Å². The molecule has 0 unspecified atom stereocenters. The van der Waals surface area contributed by atoms with Gasteiger partial charge in [0.1, 0.15) is 5.69 Å². The maximum absolute atomic E-state index is 11.8. The summed E-state index contributed by atoms with van der Waals surface area (Å²) in [6.07, 6.45) is 4.65. The molecule has 6 nitrogen and oxygen atoms in total. The number of aromatic nitrogens is 3. The number of carbonyl (C=O) groups excluding carboxylic acids is 1. The summed E-state index contributed by atoms with van der Waals surface area (Å²) in [7, 11) is 0. The molecule has 3 rings (SSSR count). The Hall–Kier alpha value is -1.89. The van der Waals surface area contributed by atoms with E-state index in [0.717, 1.165) is 25.0 Å². The van der Waals surface area contributed by atoms with Gasteiger partial charge in [0.15, 0.2) is 5.13 Å². The van der Waals surface area contributed by atoms with E-state index in [2.05, 4.69) is 20.5 Å². The van der Waals surface area contributed by atoms with Gasteiger partial charge in [0, 0.05) is 4.88 Å². The molecule has 7 heteroatoms. The van der Waals surface area contributed by atoms with Gasteiger partial charge in [-0.15, -0.1) is 11.3 Å². The Kier molecular flexibility index (Phi) is 2.32. The summed E-state index contributed by atoms with van der Waals surface area (Å²) in [5.41, 5.74) is 7.33. The Balaban J connectivity index is 1.79. The molecule has 2 aromatic rings. The third-order valence-corrected chi connectivity index (χ3v) is 3.78. The average molecular weight is 249 g/mol. The summed E-state index contributed by atoms with van der Waals surface area (Å²) in [4.78, 5) is 17.5. The molecule has 1 amide bonds. The van der Waals surface area contributed by atoms with Gasteiger partial charge in [-0.2, -0.15) is 5.10 Å². The quantitative estimate of drug-likeness (QED) is 0.744. The molecule has 17 heavy (non-hydrogen) atoms. The first-order chi connectivity index (χ1) is 8.24. The van der Waals surface area contributed by atoms with Crippen LogP contribution in [0.2, 0.25) is 0 Å². The highest BCUT2D eigenvalue weighted by atomic mass is 32.1. The highest BCUT2D eigenvalue weighted by Crippen LogP contribution is 2.30. The smallest absolute Gasteiger partial charge is 0.277 e. The van der Waals surface area contributed by atoms with E-state index in [1.807, 2.05) is 0 Å². The molecule has 0 saturated carbocycles. The predicted molar refractivity (Wildman–Crippen MR) is 65.1 cm³/mol. The minimum Gasteiger partial charge on any atom is -0.396 e. The number of aryl methyl sites for hydroxylation is 2. The number of thiazole rings is 1. The number of nitrogen functional groups attached to an aromatic ring is 1. The van der Waals surface area contributed by atoms with Crippen LogP contribution < -0.4 is 11.1 Å². The molecule has 1 aliphatic rings. The lowest BCUT2D eigenvalue weighted by atomic mass is 10.3. The van der Waals surface area contributed by atoms with Crippen molar-refractivity contribution in [3.63, 3.8) is 0 Å². The second-order valence-electron chi connectivity index (χ2n) is 3.90. The fraction of sp³-hybridized carbons (Fsp3) is 0.300. The molecule has 0 fully saturated rings. The number of H-pyrrole nitrogens is 1. The lowest BCUT2D eigenvalue weighted by Crippen LogP contribution is -2.14. The van der Waals surface area contributed by atoms with Gasteiger partial charge in [-0.25, -0.2) is 4.98 Å². The monoisotopic (exact) mass is 249 g/mol. The normalized spacial score (nSPS) is 13.6. The number of nitrogens with two attached hydrogens (primary N) is 1. The standard InChI is InChI=1S/C10H11N5OS/c11-5-4-12-15-8(5)9(16)14-10-13-6-2-1-3-7(6)17-10/h4H,1-3,11H2,(H,12,15)(H,13,14,16). The number of hydrogen-bond acceptors (Lipinski definition) is 5.